The molecular formula is C9H6Cl2N2O2. The second-order valence-corrected chi connectivity index (χ2v) is 3.38. The van der Waals surface area contributed by atoms with Gasteiger partial charge < -0.3 is 4.74 Å². The number of nitrogens with zero attached hydrogens (tertiary/aromatic N) is 2. The first-order valence-corrected chi connectivity index (χ1v) is 4.66. The molecule has 4 nitrogen and oxygen atoms in total. The van der Waals surface area contributed by atoms with E-state index in [-0.39, 0.29) is 22.3 Å². The van der Waals surface area contributed by atoms with Gasteiger partial charge in [-0.2, -0.15) is 5.26 Å². The van der Waals surface area contributed by atoms with E-state index in [1.165, 1.54) is 13.2 Å². The Kier molecular flexibility index (Phi) is 3.89. The Balaban J connectivity index is 3.16. The third-order valence-corrected chi connectivity index (χ3v) is 2.17. The normalized spacial score (nSPS) is 9.47. The number of methoxy groups -OCH3 is 1. The van der Waals surface area contributed by atoms with Crippen molar-refractivity contribution in [2.45, 2.75) is 6.42 Å². The quantitative estimate of drug-likeness (QED) is 0.590. The number of ether oxygens (including phenoxy) is 1. The van der Waals surface area contributed by atoms with Crippen LogP contribution in [0.25, 0.3) is 0 Å². The largest absolute Gasteiger partial charge is 0.469 e. The molecule has 0 aromatic carbocycles. The monoisotopic (exact) mass is 244 g/mol. The van der Waals surface area contributed by atoms with Gasteiger partial charge in [-0.15, -0.1) is 0 Å². The van der Waals surface area contributed by atoms with Crippen molar-refractivity contribution in [2.75, 3.05) is 7.11 Å². The molecule has 78 valence electrons. The van der Waals surface area contributed by atoms with E-state index in [1.54, 1.807) is 0 Å². The lowest BCUT2D eigenvalue weighted by Gasteiger charge is -2.04. The van der Waals surface area contributed by atoms with Crippen molar-refractivity contribution in [3.8, 4) is 6.07 Å². The van der Waals surface area contributed by atoms with E-state index in [0.29, 0.717) is 5.56 Å². The standard InChI is InChI=1S/C9H6Cl2N2O2/c1-15-8(14)3-5-2-7(10)13-9(11)6(5)4-12/h2H,3H2,1H3. The predicted octanol–water partition coefficient (Wildman–Crippen LogP) is 1.98. The van der Waals surface area contributed by atoms with Crippen LogP contribution in [0.5, 0.6) is 0 Å². The molecule has 1 heterocycles. The molecule has 0 fully saturated rings. The Labute approximate surface area is 96.4 Å². The van der Waals surface area contributed by atoms with Gasteiger partial charge in [0.05, 0.1) is 19.1 Å². The van der Waals surface area contributed by atoms with Crippen LogP contribution in [0.15, 0.2) is 6.07 Å². The van der Waals surface area contributed by atoms with Gasteiger partial charge in [0.2, 0.25) is 0 Å². The molecule has 0 bridgehead atoms. The van der Waals surface area contributed by atoms with E-state index >= 15 is 0 Å². The molecule has 15 heavy (non-hydrogen) atoms. The van der Waals surface area contributed by atoms with Crippen LogP contribution in [0.3, 0.4) is 0 Å². The number of carbonyl (C=O) groups is 1. The second kappa shape index (κ2) is 4.96. The van der Waals surface area contributed by atoms with Gasteiger partial charge in [-0.1, -0.05) is 23.2 Å². The summed E-state index contributed by atoms with van der Waals surface area (Å²) < 4.78 is 4.48. The van der Waals surface area contributed by atoms with Gasteiger partial charge in [-0.3, -0.25) is 4.79 Å². The lowest BCUT2D eigenvalue weighted by molar-refractivity contribution is -0.139. The van der Waals surface area contributed by atoms with Gasteiger partial charge in [-0.25, -0.2) is 4.98 Å². The molecule has 0 N–H and O–H groups in total. The molecular weight excluding hydrogens is 239 g/mol. The Morgan fingerprint density at radius 2 is 2.33 bits per heavy atom. The Morgan fingerprint density at radius 1 is 1.67 bits per heavy atom. The van der Waals surface area contributed by atoms with E-state index in [1.807, 2.05) is 6.07 Å². The van der Waals surface area contributed by atoms with Crippen molar-refractivity contribution in [2.24, 2.45) is 0 Å². The van der Waals surface area contributed by atoms with Crippen molar-refractivity contribution >= 4 is 29.2 Å². The van der Waals surface area contributed by atoms with Gasteiger partial charge in [0.15, 0.2) is 0 Å². The van der Waals surface area contributed by atoms with E-state index in [0.717, 1.165) is 0 Å². The fourth-order valence-corrected chi connectivity index (χ4v) is 1.53. The molecule has 0 spiro atoms. The number of aromatic nitrogens is 1. The number of nitriles is 1. The summed E-state index contributed by atoms with van der Waals surface area (Å²) in [5.74, 6) is -0.468. The summed E-state index contributed by atoms with van der Waals surface area (Å²) in [6.07, 6.45) is -0.0542. The Bertz CT molecular complexity index is 440. The van der Waals surface area contributed by atoms with Crippen molar-refractivity contribution < 1.29 is 9.53 Å². The van der Waals surface area contributed by atoms with Gasteiger partial charge in [0.1, 0.15) is 16.4 Å². The molecule has 0 amide bonds. The van der Waals surface area contributed by atoms with E-state index in [9.17, 15) is 4.79 Å². The summed E-state index contributed by atoms with van der Waals surface area (Å²) >= 11 is 11.3. The van der Waals surface area contributed by atoms with Crippen molar-refractivity contribution in [3.63, 3.8) is 0 Å². The highest BCUT2D eigenvalue weighted by molar-refractivity contribution is 6.33. The second-order valence-electron chi connectivity index (χ2n) is 2.63. The molecule has 0 aliphatic carbocycles. The first-order chi connectivity index (χ1) is 7.08. The van der Waals surface area contributed by atoms with E-state index in [2.05, 4.69) is 9.72 Å². The molecule has 1 aromatic rings. The highest BCUT2D eigenvalue weighted by atomic mass is 35.5. The maximum Gasteiger partial charge on any atom is 0.310 e. The lowest BCUT2D eigenvalue weighted by atomic mass is 10.1. The molecule has 0 unspecified atom stereocenters. The van der Waals surface area contributed by atoms with Crippen molar-refractivity contribution in [3.05, 3.63) is 27.5 Å². The summed E-state index contributed by atoms with van der Waals surface area (Å²) in [6, 6.07) is 3.28. The highest BCUT2D eigenvalue weighted by Gasteiger charge is 2.13. The summed E-state index contributed by atoms with van der Waals surface area (Å²) in [7, 11) is 1.26. The van der Waals surface area contributed by atoms with Gasteiger partial charge in [0, 0.05) is 0 Å². The van der Waals surface area contributed by atoms with Crippen LogP contribution >= 0.6 is 23.2 Å². The number of rotatable bonds is 2. The third-order valence-electron chi connectivity index (χ3n) is 1.70. The SMILES string of the molecule is COC(=O)Cc1cc(Cl)nc(Cl)c1C#N. The van der Waals surface area contributed by atoms with E-state index in [4.69, 9.17) is 28.5 Å². The maximum absolute atomic E-state index is 11.0. The molecule has 0 radical (unpaired) electrons. The fourth-order valence-electron chi connectivity index (χ4n) is 1.02. The van der Waals surface area contributed by atoms with Gasteiger partial charge in [0.25, 0.3) is 0 Å². The number of hydrogen-bond donors (Lipinski definition) is 0. The Morgan fingerprint density at radius 3 is 2.87 bits per heavy atom. The predicted molar refractivity (Wildman–Crippen MR) is 54.7 cm³/mol. The molecule has 0 saturated carbocycles. The summed E-state index contributed by atoms with van der Waals surface area (Å²) in [6.45, 7) is 0. The number of hydrogen-bond acceptors (Lipinski definition) is 4. The maximum atomic E-state index is 11.0. The van der Waals surface area contributed by atoms with Crippen LogP contribution in [0.4, 0.5) is 0 Å². The zero-order valence-corrected chi connectivity index (χ0v) is 9.26. The first-order valence-electron chi connectivity index (χ1n) is 3.90. The van der Waals surface area contributed by atoms with Crippen LogP contribution in [-0.2, 0) is 16.0 Å². The number of esters is 1. The van der Waals surface area contributed by atoms with Gasteiger partial charge in [-0.05, 0) is 11.6 Å². The molecule has 0 saturated heterocycles. The molecule has 6 heteroatoms. The van der Waals surface area contributed by atoms with Gasteiger partial charge >= 0.3 is 5.97 Å². The zero-order valence-electron chi connectivity index (χ0n) is 7.75. The van der Waals surface area contributed by atoms with Crippen LogP contribution in [0.1, 0.15) is 11.1 Å². The number of carbonyl (C=O) groups excluding carboxylic acids is 1. The summed E-state index contributed by atoms with van der Waals surface area (Å²) in [4.78, 5) is 14.7. The average molecular weight is 245 g/mol. The lowest BCUT2D eigenvalue weighted by Crippen LogP contribution is -2.07. The van der Waals surface area contributed by atoms with Crippen LogP contribution in [0.2, 0.25) is 10.3 Å². The molecule has 1 rings (SSSR count). The first kappa shape index (κ1) is 11.8. The van der Waals surface area contributed by atoms with Crippen molar-refractivity contribution in [1.82, 2.24) is 4.98 Å². The smallest absolute Gasteiger partial charge is 0.310 e. The van der Waals surface area contributed by atoms with Crippen LogP contribution in [0, 0.1) is 11.3 Å². The van der Waals surface area contributed by atoms with Crippen LogP contribution < -0.4 is 0 Å². The minimum Gasteiger partial charge on any atom is -0.469 e. The molecule has 1 aromatic heterocycles. The molecule has 0 aliphatic rings. The minimum absolute atomic E-state index is 0.0103. The topological polar surface area (TPSA) is 63.0 Å². The summed E-state index contributed by atoms with van der Waals surface area (Å²) in [5, 5.41) is 8.93. The highest BCUT2D eigenvalue weighted by Crippen LogP contribution is 2.21. The average Bonchev–Trinajstić information content (AvgIpc) is 2.17. The zero-order chi connectivity index (χ0) is 11.4. The van der Waals surface area contributed by atoms with Crippen LogP contribution in [-0.4, -0.2) is 18.1 Å². The number of pyridine rings is 1. The van der Waals surface area contributed by atoms with Crippen molar-refractivity contribution in [1.29, 1.82) is 5.26 Å². The third kappa shape index (κ3) is 2.82. The fraction of sp³-hybridized carbons (Fsp3) is 0.222. The summed E-state index contributed by atoms with van der Waals surface area (Å²) in [5.41, 5.74) is 0.556. The Hall–Kier alpha value is -1.31. The minimum atomic E-state index is -0.468. The van der Waals surface area contributed by atoms with E-state index < -0.39 is 5.97 Å². The molecule has 0 atom stereocenters. The molecule has 0 aliphatic heterocycles. The number of halogens is 2.